The average molecular weight is 328 g/mol. The smallest absolute Gasteiger partial charge is 0.236 e. The largest absolute Gasteiger partial charge is 0.368 e. The molecule has 0 radical (unpaired) electrons. The Morgan fingerprint density at radius 3 is 3.04 bits per heavy atom. The molecule has 0 aromatic heterocycles. The Balaban J connectivity index is 1.53. The van der Waals surface area contributed by atoms with Crippen LogP contribution >= 0.6 is 0 Å². The number of rotatable bonds is 0. The second-order valence-corrected chi connectivity index (χ2v) is 7.92. The van der Waals surface area contributed by atoms with Gasteiger partial charge in [0.2, 0.25) is 5.91 Å². The number of hydrogen-bond donors (Lipinski definition) is 2. The third-order valence-electron chi connectivity index (χ3n) is 6.92. The third kappa shape index (κ3) is 1.83. The first-order chi connectivity index (χ1) is 11.6. The predicted octanol–water partition coefficient (Wildman–Crippen LogP) is 1.71. The summed E-state index contributed by atoms with van der Waals surface area (Å²) in [5.74, 6) is 1.05. The summed E-state index contributed by atoms with van der Waals surface area (Å²) in [7, 11) is 0. The van der Waals surface area contributed by atoms with Crippen molar-refractivity contribution in [2.24, 2.45) is 11.8 Å². The number of aliphatic hydroxyl groups excluding tert-OH is 1. The zero-order chi connectivity index (χ0) is 16.5. The van der Waals surface area contributed by atoms with Gasteiger partial charge in [-0.05, 0) is 43.9 Å². The van der Waals surface area contributed by atoms with Crippen molar-refractivity contribution in [2.45, 2.75) is 50.0 Å². The van der Waals surface area contributed by atoms with E-state index in [1.54, 1.807) is 0 Å². The molecule has 4 heterocycles. The van der Waals surface area contributed by atoms with Crippen molar-refractivity contribution in [3.8, 4) is 0 Å². The van der Waals surface area contributed by atoms with Crippen molar-refractivity contribution < 1.29 is 14.6 Å². The number of ether oxygens (including phenoxy) is 1. The molecule has 1 aromatic rings. The first-order valence-corrected chi connectivity index (χ1v) is 9.08. The van der Waals surface area contributed by atoms with Gasteiger partial charge in [-0.25, -0.2) is 0 Å². The van der Waals surface area contributed by atoms with Crippen molar-refractivity contribution in [1.29, 1.82) is 0 Å². The van der Waals surface area contributed by atoms with E-state index in [1.807, 2.05) is 18.2 Å². The highest BCUT2D eigenvalue weighted by Gasteiger charge is 2.60. The summed E-state index contributed by atoms with van der Waals surface area (Å²) in [6, 6.07) is 8.38. The normalized spacial score (nSPS) is 44.1. The summed E-state index contributed by atoms with van der Waals surface area (Å²) in [6.07, 6.45) is 1.98. The maximum absolute atomic E-state index is 13.0. The maximum atomic E-state index is 13.0. The molecule has 3 saturated heterocycles. The monoisotopic (exact) mass is 328 g/mol. The van der Waals surface area contributed by atoms with E-state index in [9.17, 15) is 9.90 Å². The lowest BCUT2D eigenvalue weighted by molar-refractivity contribution is -0.208. The number of hydrogen-bond acceptors (Lipinski definition) is 4. The number of carbonyl (C=O) groups excluding carboxylic acids is 1. The summed E-state index contributed by atoms with van der Waals surface area (Å²) >= 11 is 0. The molecule has 1 spiro atoms. The molecule has 0 saturated carbocycles. The van der Waals surface area contributed by atoms with Crippen LogP contribution in [0.15, 0.2) is 24.3 Å². The zero-order valence-corrected chi connectivity index (χ0v) is 13.9. The van der Waals surface area contributed by atoms with Crippen LogP contribution in [0.3, 0.4) is 0 Å². The molecule has 2 unspecified atom stereocenters. The van der Waals surface area contributed by atoms with E-state index in [1.165, 1.54) is 5.56 Å². The van der Waals surface area contributed by atoms with Gasteiger partial charge in [0.25, 0.3) is 0 Å². The minimum Gasteiger partial charge on any atom is -0.368 e. The van der Waals surface area contributed by atoms with Crippen LogP contribution in [0, 0.1) is 11.8 Å². The number of nitrogens with one attached hydrogen (secondary N) is 1. The van der Waals surface area contributed by atoms with Crippen molar-refractivity contribution in [3.05, 3.63) is 29.8 Å². The second-order valence-electron chi connectivity index (χ2n) is 7.92. The first-order valence-electron chi connectivity index (χ1n) is 9.08. The highest BCUT2D eigenvalue weighted by Crippen LogP contribution is 2.53. The lowest BCUT2D eigenvalue weighted by Crippen LogP contribution is -2.57. The quantitative estimate of drug-likeness (QED) is 0.761. The van der Waals surface area contributed by atoms with Crippen LogP contribution in [0.5, 0.6) is 0 Å². The molecular weight excluding hydrogens is 304 g/mol. The molecule has 128 valence electrons. The number of amides is 1. The molecule has 1 amide bonds. The van der Waals surface area contributed by atoms with Crippen LogP contribution in [0.1, 0.15) is 31.7 Å². The van der Waals surface area contributed by atoms with E-state index >= 15 is 0 Å². The van der Waals surface area contributed by atoms with Gasteiger partial charge in [0.1, 0.15) is 0 Å². The highest BCUT2D eigenvalue weighted by molar-refractivity contribution is 6.07. The van der Waals surface area contributed by atoms with Crippen LogP contribution in [0.4, 0.5) is 5.69 Å². The van der Waals surface area contributed by atoms with E-state index in [2.05, 4.69) is 23.2 Å². The molecular formula is C19H24N2O3. The molecule has 0 bridgehead atoms. The summed E-state index contributed by atoms with van der Waals surface area (Å²) in [4.78, 5) is 15.5. The Kier molecular flexibility index (Phi) is 3.12. The zero-order valence-electron chi connectivity index (χ0n) is 13.9. The Morgan fingerprint density at radius 2 is 2.17 bits per heavy atom. The number of anilines is 1. The highest BCUT2D eigenvalue weighted by atomic mass is 16.6. The Hall–Kier alpha value is -1.43. The standard InChI is InChI=1S/C19H24N2O3/c1-11-13-10-21-7-6-19(16(21)8-12(13)9-17(22)24-11)14-4-2-3-5-15(14)20-18(19)23/h2-5,11-13,16-17,22H,6-10H2,1H3,(H,20,23)/t11-,12+,13+,16-,17?,19?/m0/s1. The van der Waals surface area contributed by atoms with Crippen LogP contribution in [0.25, 0.3) is 0 Å². The van der Waals surface area contributed by atoms with E-state index in [0.29, 0.717) is 18.3 Å². The van der Waals surface area contributed by atoms with Crippen molar-refractivity contribution in [1.82, 2.24) is 4.90 Å². The van der Waals surface area contributed by atoms with E-state index < -0.39 is 11.7 Å². The van der Waals surface area contributed by atoms with Crippen LogP contribution in [0.2, 0.25) is 0 Å². The first kappa shape index (κ1) is 14.9. The van der Waals surface area contributed by atoms with Gasteiger partial charge < -0.3 is 15.2 Å². The van der Waals surface area contributed by atoms with Crippen LogP contribution in [-0.2, 0) is 14.9 Å². The van der Waals surface area contributed by atoms with Gasteiger partial charge in [0, 0.05) is 30.6 Å². The minimum atomic E-state index is -0.658. The molecule has 5 rings (SSSR count). The van der Waals surface area contributed by atoms with Gasteiger partial charge >= 0.3 is 0 Å². The number of carbonyl (C=O) groups is 1. The number of para-hydroxylation sites is 1. The molecule has 6 atom stereocenters. The van der Waals surface area contributed by atoms with E-state index in [0.717, 1.165) is 31.6 Å². The molecule has 4 aliphatic heterocycles. The number of benzene rings is 1. The van der Waals surface area contributed by atoms with Gasteiger partial charge in [-0.2, -0.15) is 0 Å². The Morgan fingerprint density at radius 1 is 1.33 bits per heavy atom. The lowest BCUT2D eigenvalue weighted by atomic mass is 9.67. The number of aliphatic hydroxyl groups is 1. The topological polar surface area (TPSA) is 61.8 Å². The van der Waals surface area contributed by atoms with Gasteiger partial charge in [-0.1, -0.05) is 18.2 Å². The molecule has 0 aliphatic carbocycles. The molecule has 2 N–H and O–H groups in total. The SMILES string of the molecule is C[C@@H]1OC(O)C[C@H]2C[C@@H]3N(CCC34C(=O)Nc3ccccc34)C[C@@H]21. The average Bonchev–Trinajstić information content (AvgIpc) is 3.06. The molecule has 5 nitrogen and oxygen atoms in total. The second kappa shape index (κ2) is 5.04. The van der Waals surface area contributed by atoms with Gasteiger partial charge in [0.15, 0.2) is 6.29 Å². The Bertz CT molecular complexity index is 693. The number of piperidine rings is 1. The van der Waals surface area contributed by atoms with E-state index in [-0.39, 0.29) is 18.1 Å². The van der Waals surface area contributed by atoms with Crippen molar-refractivity contribution >= 4 is 11.6 Å². The van der Waals surface area contributed by atoms with E-state index in [4.69, 9.17) is 4.74 Å². The van der Waals surface area contributed by atoms with Crippen molar-refractivity contribution in [2.75, 3.05) is 18.4 Å². The summed E-state index contributed by atoms with van der Waals surface area (Å²) < 4.78 is 5.65. The fraction of sp³-hybridized carbons (Fsp3) is 0.632. The van der Waals surface area contributed by atoms with Gasteiger partial charge in [0.05, 0.1) is 11.5 Å². The van der Waals surface area contributed by atoms with Gasteiger partial charge in [-0.3, -0.25) is 9.69 Å². The van der Waals surface area contributed by atoms with Crippen molar-refractivity contribution in [3.63, 3.8) is 0 Å². The predicted molar refractivity (Wildman–Crippen MR) is 89.5 cm³/mol. The summed E-state index contributed by atoms with van der Waals surface area (Å²) in [5, 5.41) is 13.1. The molecule has 24 heavy (non-hydrogen) atoms. The summed E-state index contributed by atoms with van der Waals surface area (Å²) in [5.41, 5.74) is 1.74. The molecule has 5 heteroatoms. The Labute approximate surface area is 142 Å². The minimum absolute atomic E-state index is 0.0842. The molecule has 3 fully saturated rings. The fourth-order valence-corrected chi connectivity index (χ4v) is 5.79. The van der Waals surface area contributed by atoms with Crippen LogP contribution in [-0.4, -0.2) is 47.4 Å². The lowest BCUT2D eigenvalue weighted by Gasteiger charge is -2.49. The van der Waals surface area contributed by atoms with Gasteiger partial charge in [-0.15, -0.1) is 0 Å². The third-order valence-corrected chi connectivity index (χ3v) is 6.92. The molecule has 4 aliphatic rings. The number of fused-ring (bicyclic) bond motifs is 5. The number of nitrogens with zero attached hydrogens (tertiary/aromatic N) is 1. The maximum Gasteiger partial charge on any atom is 0.236 e. The fourth-order valence-electron chi connectivity index (χ4n) is 5.79. The van der Waals surface area contributed by atoms with Crippen LogP contribution < -0.4 is 5.32 Å². The summed E-state index contributed by atoms with van der Waals surface area (Å²) in [6.45, 7) is 4.01. The molecule has 1 aromatic carbocycles.